The number of nitrogens with one attached hydrogen (secondary N) is 1. The molecule has 0 aromatic heterocycles. The maximum Gasteiger partial charge on any atom is 0.168 e. The maximum atomic E-state index is 12.4. The number of carbonyl (C=O) groups excluding carboxylic acids is 1. The predicted octanol–water partition coefficient (Wildman–Crippen LogP) is 3.56. The molecule has 0 aliphatic carbocycles. The largest absolute Gasteiger partial charge is 0.493 e. The van der Waals surface area contributed by atoms with Gasteiger partial charge in [0.2, 0.25) is 0 Å². The van der Waals surface area contributed by atoms with Crippen molar-refractivity contribution in [1.82, 2.24) is 5.32 Å². The van der Waals surface area contributed by atoms with E-state index in [9.17, 15) is 4.79 Å². The first kappa shape index (κ1) is 15.3. The molecule has 0 amide bonds. The molecule has 20 heavy (non-hydrogen) atoms. The molecule has 1 aromatic carbocycles. The summed E-state index contributed by atoms with van der Waals surface area (Å²) in [5.41, 5.74) is 0.609. The Bertz CT molecular complexity index is 468. The normalized spacial score (nSPS) is 19.1. The van der Waals surface area contributed by atoms with Gasteiger partial charge < -0.3 is 10.1 Å². The lowest BCUT2D eigenvalue weighted by molar-refractivity contribution is 0.0900. The number of ketones is 1. The van der Waals surface area contributed by atoms with Gasteiger partial charge in [-0.05, 0) is 43.5 Å². The third-order valence-electron chi connectivity index (χ3n) is 3.46. The molecule has 1 saturated heterocycles. The fourth-order valence-electron chi connectivity index (χ4n) is 2.34. The summed E-state index contributed by atoms with van der Waals surface area (Å²) in [6.45, 7) is 6.58. The van der Waals surface area contributed by atoms with E-state index in [4.69, 9.17) is 16.3 Å². The molecular formula is C16H22ClNO2. The first-order valence-electron chi connectivity index (χ1n) is 7.25. The van der Waals surface area contributed by atoms with Crippen LogP contribution >= 0.6 is 11.6 Å². The number of halogens is 1. The van der Waals surface area contributed by atoms with Crippen molar-refractivity contribution in [3.05, 3.63) is 28.8 Å². The topological polar surface area (TPSA) is 38.3 Å². The summed E-state index contributed by atoms with van der Waals surface area (Å²) < 4.78 is 5.62. The van der Waals surface area contributed by atoms with Gasteiger partial charge in [0.25, 0.3) is 0 Å². The van der Waals surface area contributed by atoms with Crippen LogP contribution in [0.2, 0.25) is 5.02 Å². The standard InChI is InChI=1S/C16H22ClNO2/c1-11(2)10-20-13-5-6-14(15(17)8-13)16(19)12-4-3-7-18-9-12/h5-6,8,11-12,18H,3-4,7,9-10H2,1-2H3. The highest BCUT2D eigenvalue weighted by Gasteiger charge is 2.24. The summed E-state index contributed by atoms with van der Waals surface area (Å²) in [6.07, 6.45) is 1.98. The zero-order valence-electron chi connectivity index (χ0n) is 12.1. The van der Waals surface area contributed by atoms with Crippen LogP contribution < -0.4 is 10.1 Å². The number of piperidine rings is 1. The van der Waals surface area contributed by atoms with E-state index in [0.717, 1.165) is 31.7 Å². The van der Waals surface area contributed by atoms with Gasteiger partial charge in [0, 0.05) is 18.0 Å². The van der Waals surface area contributed by atoms with E-state index < -0.39 is 0 Å². The minimum Gasteiger partial charge on any atom is -0.493 e. The number of rotatable bonds is 5. The van der Waals surface area contributed by atoms with Crippen LogP contribution in [0.1, 0.15) is 37.0 Å². The van der Waals surface area contributed by atoms with E-state index in [1.807, 2.05) is 6.07 Å². The van der Waals surface area contributed by atoms with Crippen LogP contribution in [0.4, 0.5) is 0 Å². The SMILES string of the molecule is CC(C)COc1ccc(C(=O)C2CCCNC2)c(Cl)c1. The molecule has 3 nitrogen and oxygen atoms in total. The highest BCUT2D eigenvalue weighted by Crippen LogP contribution is 2.26. The Hall–Kier alpha value is -1.06. The molecule has 1 atom stereocenters. The van der Waals surface area contributed by atoms with Crippen LogP contribution in [0.5, 0.6) is 5.75 Å². The number of Topliss-reactive ketones (excluding diaryl/α,β-unsaturated/α-hetero) is 1. The molecule has 1 unspecified atom stereocenters. The second-order valence-corrected chi connectivity index (χ2v) is 6.16. The lowest BCUT2D eigenvalue weighted by Crippen LogP contribution is -2.34. The molecule has 1 heterocycles. The van der Waals surface area contributed by atoms with Crippen molar-refractivity contribution in [2.24, 2.45) is 11.8 Å². The Morgan fingerprint density at radius 3 is 2.90 bits per heavy atom. The molecule has 110 valence electrons. The number of ether oxygens (including phenoxy) is 1. The van der Waals surface area contributed by atoms with Gasteiger partial charge in [0.1, 0.15) is 5.75 Å². The van der Waals surface area contributed by atoms with E-state index in [0.29, 0.717) is 23.1 Å². The van der Waals surface area contributed by atoms with Gasteiger partial charge in [0.15, 0.2) is 5.78 Å². The smallest absolute Gasteiger partial charge is 0.168 e. The summed E-state index contributed by atoms with van der Waals surface area (Å²) in [7, 11) is 0. The lowest BCUT2D eigenvalue weighted by Gasteiger charge is -2.22. The van der Waals surface area contributed by atoms with Crippen molar-refractivity contribution in [1.29, 1.82) is 0 Å². The van der Waals surface area contributed by atoms with Crippen LogP contribution in [-0.4, -0.2) is 25.5 Å². The van der Waals surface area contributed by atoms with Gasteiger partial charge in [-0.2, -0.15) is 0 Å². The molecular weight excluding hydrogens is 274 g/mol. The van der Waals surface area contributed by atoms with Gasteiger partial charge in [0.05, 0.1) is 11.6 Å². The Kier molecular flexibility index (Phi) is 5.44. The van der Waals surface area contributed by atoms with Crippen molar-refractivity contribution in [3.8, 4) is 5.75 Å². The van der Waals surface area contributed by atoms with Gasteiger partial charge in [-0.25, -0.2) is 0 Å². The fourth-order valence-corrected chi connectivity index (χ4v) is 2.61. The highest BCUT2D eigenvalue weighted by atomic mass is 35.5. The Labute approximate surface area is 125 Å². The van der Waals surface area contributed by atoms with Crippen LogP contribution in [0.25, 0.3) is 0 Å². The zero-order valence-corrected chi connectivity index (χ0v) is 12.9. The third-order valence-corrected chi connectivity index (χ3v) is 3.77. The Morgan fingerprint density at radius 1 is 1.50 bits per heavy atom. The number of carbonyl (C=O) groups is 1. The van der Waals surface area contributed by atoms with Crippen molar-refractivity contribution < 1.29 is 9.53 Å². The van der Waals surface area contributed by atoms with E-state index in [1.165, 1.54) is 0 Å². The molecule has 1 aliphatic rings. The molecule has 0 bridgehead atoms. The second-order valence-electron chi connectivity index (χ2n) is 5.75. The lowest BCUT2D eigenvalue weighted by atomic mass is 9.91. The zero-order chi connectivity index (χ0) is 14.5. The molecule has 2 rings (SSSR count). The summed E-state index contributed by atoms with van der Waals surface area (Å²) in [6, 6.07) is 5.36. The van der Waals surface area contributed by atoms with Gasteiger partial charge in [-0.1, -0.05) is 25.4 Å². The summed E-state index contributed by atoms with van der Waals surface area (Å²) >= 11 is 6.24. The number of benzene rings is 1. The van der Waals surface area contributed by atoms with Gasteiger partial charge in [-0.3, -0.25) is 4.79 Å². The molecule has 1 N–H and O–H groups in total. The van der Waals surface area contributed by atoms with E-state index in [-0.39, 0.29) is 11.7 Å². The quantitative estimate of drug-likeness (QED) is 0.844. The van der Waals surface area contributed by atoms with Gasteiger partial charge >= 0.3 is 0 Å². The molecule has 0 radical (unpaired) electrons. The molecule has 1 aromatic rings. The Morgan fingerprint density at radius 2 is 2.30 bits per heavy atom. The average Bonchev–Trinajstić information content (AvgIpc) is 2.45. The van der Waals surface area contributed by atoms with Crippen LogP contribution in [0.15, 0.2) is 18.2 Å². The molecule has 0 saturated carbocycles. The molecule has 1 fully saturated rings. The third kappa shape index (κ3) is 3.97. The first-order valence-corrected chi connectivity index (χ1v) is 7.63. The van der Waals surface area contributed by atoms with Crippen molar-refractivity contribution in [3.63, 3.8) is 0 Å². The first-order chi connectivity index (χ1) is 9.58. The average molecular weight is 296 g/mol. The van der Waals surface area contributed by atoms with E-state index in [2.05, 4.69) is 19.2 Å². The molecule has 0 spiro atoms. The second kappa shape index (κ2) is 7.09. The Balaban J connectivity index is 2.06. The maximum absolute atomic E-state index is 12.4. The molecule has 4 heteroatoms. The predicted molar refractivity (Wildman–Crippen MR) is 81.7 cm³/mol. The van der Waals surface area contributed by atoms with Crippen LogP contribution in [0, 0.1) is 11.8 Å². The van der Waals surface area contributed by atoms with Gasteiger partial charge in [-0.15, -0.1) is 0 Å². The number of hydrogen-bond acceptors (Lipinski definition) is 3. The monoisotopic (exact) mass is 295 g/mol. The number of hydrogen-bond donors (Lipinski definition) is 1. The van der Waals surface area contributed by atoms with E-state index in [1.54, 1.807) is 12.1 Å². The van der Waals surface area contributed by atoms with Crippen molar-refractivity contribution in [2.75, 3.05) is 19.7 Å². The highest BCUT2D eigenvalue weighted by molar-refractivity contribution is 6.34. The summed E-state index contributed by atoms with van der Waals surface area (Å²) in [5.74, 6) is 1.37. The van der Waals surface area contributed by atoms with E-state index >= 15 is 0 Å². The van der Waals surface area contributed by atoms with Crippen LogP contribution in [-0.2, 0) is 0 Å². The fraction of sp³-hybridized carbons (Fsp3) is 0.562. The minimum atomic E-state index is 0.0451. The van der Waals surface area contributed by atoms with Crippen molar-refractivity contribution in [2.45, 2.75) is 26.7 Å². The minimum absolute atomic E-state index is 0.0451. The van der Waals surface area contributed by atoms with Crippen molar-refractivity contribution >= 4 is 17.4 Å². The van der Waals surface area contributed by atoms with Crippen LogP contribution in [0.3, 0.4) is 0 Å². The summed E-state index contributed by atoms with van der Waals surface area (Å²) in [5, 5.41) is 3.75. The summed E-state index contributed by atoms with van der Waals surface area (Å²) in [4.78, 5) is 12.4. The molecule has 1 aliphatic heterocycles.